The van der Waals surface area contributed by atoms with Crippen molar-refractivity contribution in [2.45, 2.75) is 6.36 Å². The van der Waals surface area contributed by atoms with E-state index in [9.17, 15) is 18.0 Å². The number of rotatable bonds is 3. The van der Waals surface area contributed by atoms with Crippen LogP contribution in [0.15, 0.2) is 42.7 Å². The van der Waals surface area contributed by atoms with E-state index >= 15 is 0 Å². The Morgan fingerprint density at radius 1 is 1.10 bits per heavy atom. The van der Waals surface area contributed by atoms with Crippen LogP contribution in [0.1, 0.15) is 10.6 Å². The molecular weight excluding hydrogens is 275 g/mol. The highest BCUT2D eigenvalue weighted by Gasteiger charge is 2.30. The molecule has 0 unspecified atom stereocenters. The molecule has 0 saturated heterocycles. The van der Waals surface area contributed by atoms with Gasteiger partial charge in [-0.15, -0.1) is 13.2 Å². The summed E-state index contributed by atoms with van der Waals surface area (Å²) >= 11 is 0. The number of carbonyl (C=O) groups excluding carboxylic acids is 1. The largest absolute Gasteiger partial charge is 0.573 e. The lowest BCUT2D eigenvalue weighted by molar-refractivity contribution is -0.274. The fourth-order valence-corrected chi connectivity index (χ4v) is 1.34. The van der Waals surface area contributed by atoms with Gasteiger partial charge in [-0.1, -0.05) is 0 Å². The molecule has 0 atom stereocenters. The van der Waals surface area contributed by atoms with E-state index < -0.39 is 12.3 Å². The molecule has 1 amide bonds. The van der Waals surface area contributed by atoms with E-state index in [1.165, 1.54) is 24.5 Å². The van der Waals surface area contributed by atoms with Crippen LogP contribution in [0.25, 0.3) is 0 Å². The molecule has 1 heterocycles. The number of benzene rings is 1. The third kappa shape index (κ3) is 3.94. The van der Waals surface area contributed by atoms with Gasteiger partial charge < -0.3 is 10.1 Å². The van der Waals surface area contributed by atoms with E-state index in [1.807, 2.05) is 0 Å². The van der Waals surface area contributed by atoms with Crippen molar-refractivity contribution >= 4 is 11.6 Å². The lowest BCUT2D eigenvalue weighted by Gasteiger charge is -2.09. The smallest absolute Gasteiger partial charge is 0.406 e. The Balaban J connectivity index is 2.02. The Bertz CT molecular complexity index is 585. The van der Waals surface area contributed by atoms with Gasteiger partial charge >= 0.3 is 6.36 Å². The van der Waals surface area contributed by atoms with Crippen LogP contribution >= 0.6 is 0 Å². The molecule has 0 aliphatic heterocycles. The first-order valence-corrected chi connectivity index (χ1v) is 5.38. The Morgan fingerprint density at radius 2 is 1.70 bits per heavy atom. The summed E-state index contributed by atoms with van der Waals surface area (Å²) in [5, 5.41) is 2.45. The average molecular weight is 283 g/mol. The number of hydrogen-bond acceptors (Lipinski definition) is 4. The number of aromatic nitrogens is 2. The maximum atomic E-state index is 12.0. The predicted molar refractivity (Wildman–Crippen MR) is 63.1 cm³/mol. The minimum atomic E-state index is -4.75. The van der Waals surface area contributed by atoms with Gasteiger partial charge in [0.2, 0.25) is 5.82 Å². The van der Waals surface area contributed by atoms with E-state index in [2.05, 4.69) is 20.0 Å². The summed E-state index contributed by atoms with van der Waals surface area (Å²) in [6.45, 7) is 0. The summed E-state index contributed by atoms with van der Waals surface area (Å²) in [5.74, 6) is -0.968. The predicted octanol–water partition coefficient (Wildman–Crippen LogP) is 2.63. The maximum absolute atomic E-state index is 12.0. The Labute approximate surface area is 111 Å². The first-order chi connectivity index (χ1) is 9.44. The molecule has 0 spiro atoms. The van der Waals surface area contributed by atoms with Crippen LogP contribution in [0.3, 0.4) is 0 Å². The van der Waals surface area contributed by atoms with Crippen molar-refractivity contribution in [3.05, 3.63) is 48.5 Å². The fraction of sp³-hybridized carbons (Fsp3) is 0.0833. The molecule has 1 aromatic heterocycles. The minimum Gasteiger partial charge on any atom is -0.406 e. The van der Waals surface area contributed by atoms with Crippen molar-refractivity contribution in [1.29, 1.82) is 0 Å². The van der Waals surface area contributed by atoms with Crippen molar-refractivity contribution in [3.63, 3.8) is 0 Å². The molecule has 8 heteroatoms. The molecule has 1 aromatic carbocycles. The van der Waals surface area contributed by atoms with E-state index in [1.54, 1.807) is 6.07 Å². The van der Waals surface area contributed by atoms with Crippen LogP contribution in [0.5, 0.6) is 5.75 Å². The van der Waals surface area contributed by atoms with Crippen LogP contribution < -0.4 is 10.1 Å². The zero-order chi connectivity index (χ0) is 14.6. The van der Waals surface area contributed by atoms with Gasteiger partial charge in [0.1, 0.15) is 5.75 Å². The van der Waals surface area contributed by atoms with Gasteiger partial charge in [0.25, 0.3) is 5.91 Å². The third-order valence-electron chi connectivity index (χ3n) is 2.11. The molecule has 0 fully saturated rings. The van der Waals surface area contributed by atoms with Crippen LogP contribution in [-0.4, -0.2) is 22.2 Å². The Morgan fingerprint density at radius 3 is 2.25 bits per heavy atom. The number of halogens is 3. The second-order valence-corrected chi connectivity index (χ2v) is 3.60. The average Bonchev–Trinajstić information content (AvgIpc) is 2.40. The number of carbonyl (C=O) groups is 1. The number of nitrogens with zero attached hydrogens (tertiary/aromatic N) is 2. The number of ether oxygens (including phenoxy) is 1. The summed E-state index contributed by atoms with van der Waals surface area (Å²) in [6.07, 6.45) is -1.94. The summed E-state index contributed by atoms with van der Waals surface area (Å²) < 4.78 is 39.6. The molecule has 0 aliphatic carbocycles. The van der Waals surface area contributed by atoms with Gasteiger partial charge in [-0.2, -0.15) is 0 Å². The van der Waals surface area contributed by atoms with Crippen molar-refractivity contribution < 1.29 is 22.7 Å². The SMILES string of the molecule is O=C(Nc1ccc(OC(F)(F)F)cc1)c1ncccn1. The quantitative estimate of drug-likeness (QED) is 0.940. The van der Waals surface area contributed by atoms with Crippen LogP contribution in [0, 0.1) is 0 Å². The first-order valence-electron chi connectivity index (χ1n) is 5.38. The van der Waals surface area contributed by atoms with Crippen LogP contribution in [-0.2, 0) is 0 Å². The highest BCUT2D eigenvalue weighted by Crippen LogP contribution is 2.23. The molecule has 2 aromatic rings. The van der Waals surface area contributed by atoms with E-state index in [0.29, 0.717) is 5.69 Å². The molecule has 5 nitrogen and oxygen atoms in total. The third-order valence-corrected chi connectivity index (χ3v) is 2.11. The number of alkyl halides is 3. The molecule has 0 bridgehead atoms. The Kier molecular flexibility index (Phi) is 3.83. The van der Waals surface area contributed by atoms with E-state index in [0.717, 1.165) is 12.1 Å². The molecule has 0 saturated carbocycles. The monoisotopic (exact) mass is 283 g/mol. The van der Waals surface area contributed by atoms with Gasteiger partial charge in [0, 0.05) is 18.1 Å². The van der Waals surface area contributed by atoms with Gasteiger partial charge in [0.15, 0.2) is 0 Å². The van der Waals surface area contributed by atoms with Gasteiger partial charge in [-0.25, -0.2) is 9.97 Å². The zero-order valence-electron chi connectivity index (χ0n) is 9.89. The summed E-state index contributed by atoms with van der Waals surface area (Å²) in [7, 11) is 0. The normalized spacial score (nSPS) is 10.9. The summed E-state index contributed by atoms with van der Waals surface area (Å²) in [6, 6.07) is 6.30. The molecule has 104 valence electrons. The fourth-order valence-electron chi connectivity index (χ4n) is 1.34. The standard InChI is InChI=1S/C12H8F3N3O2/c13-12(14,15)20-9-4-2-8(3-5-9)18-11(19)10-16-6-1-7-17-10/h1-7H,(H,18,19). The van der Waals surface area contributed by atoms with Gasteiger partial charge in [-0.05, 0) is 30.3 Å². The lowest BCUT2D eigenvalue weighted by Crippen LogP contribution is -2.17. The van der Waals surface area contributed by atoms with Crippen molar-refractivity contribution in [2.75, 3.05) is 5.32 Å². The molecule has 0 aliphatic rings. The number of anilines is 1. The summed E-state index contributed by atoms with van der Waals surface area (Å²) in [5.41, 5.74) is 0.303. The van der Waals surface area contributed by atoms with Crippen molar-refractivity contribution in [3.8, 4) is 5.75 Å². The van der Waals surface area contributed by atoms with Crippen molar-refractivity contribution in [2.24, 2.45) is 0 Å². The number of hydrogen-bond donors (Lipinski definition) is 1. The highest BCUT2D eigenvalue weighted by atomic mass is 19.4. The summed E-state index contributed by atoms with van der Waals surface area (Å²) in [4.78, 5) is 19.2. The van der Waals surface area contributed by atoms with Gasteiger partial charge in [-0.3, -0.25) is 4.79 Å². The first kappa shape index (κ1) is 13.8. The number of nitrogens with one attached hydrogen (secondary N) is 1. The second kappa shape index (κ2) is 5.55. The molecule has 1 N–H and O–H groups in total. The second-order valence-electron chi connectivity index (χ2n) is 3.60. The lowest BCUT2D eigenvalue weighted by atomic mass is 10.3. The molecular formula is C12H8F3N3O2. The van der Waals surface area contributed by atoms with E-state index in [4.69, 9.17) is 0 Å². The molecule has 0 radical (unpaired) electrons. The van der Waals surface area contributed by atoms with Crippen LogP contribution in [0.4, 0.5) is 18.9 Å². The molecule has 20 heavy (non-hydrogen) atoms. The van der Waals surface area contributed by atoms with Crippen LogP contribution in [0.2, 0.25) is 0 Å². The Hall–Kier alpha value is -2.64. The minimum absolute atomic E-state index is 0.0388. The zero-order valence-corrected chi connectivity index (χ0v) is 9.89. The van der Waals surface area contributed by atoms with Crippen molar-refractivity contribution in [1.82, 2.24) is 9.97 Å². The number of amides is 1. The topological polar surface area (TPSA) is 64.1 Å². The van der Waals surface area contributed by atoms with Gasteiger partial charge in [0.05, 0.1) is 0 Å². The molecule has 2 rings (SSSR count). The maximum Gasteiger partial charge on any atom is 0.573 e. The van der Waals surface area contributed by atoms with E-state index in [-0.39, 0.29) is 11.6 Å². The highest BCUT2D eigenvalue weighted by molar-refractivity contribution is 6.01.